The van der Waals surface area contributed by atoms with Gasteiger partial charge in [0.25, 0.3) is 0 Å². The highest BCUT2D eigenvalue weighted by Gasteiger charge is 2.23. The van der Waals surface area contributed by atoms with Gasteiger partial charge in [-0.25, -0.2) is 4.98 Å². The van der Waals surface area contributed by atoms with Gasteiger partial charge in [-0.3, -0.25) is 9.69 Å². The number of nitrogens with zero attached hydrogens (tertiary/aromatic N) is 3. The molecule has 1 unspecified atom stereocenters. The van der Waals surface area contributed by atoms with E-state index in [1.807, 2.05) is 18.2 Å². The molecule has 1 aliphatic rings. The highest BCUT2D eigenvalue weighted by Crippen LogP contribution is 2.21. The summed E-state index contributed by atoms with van der Waals surface area (Å²) in [6.07, 6.45) is 3.24. The molecule has 154 valence electrons. The number of aliphatic hydroxyl groups excluding tert-OH is 2. The number of aromatic nitrogens is 1. The van der Waals surface area contributed by atoms with Crippen molar-refractivity contribution in [1.29, 1.82) is 0 Å². The zero-order chi connectivity index (χ0) is 20.6. The molecule has 0 spiro atoms. The second kappa shape index (κ2) is 10.1. The SMILES string of the molecule is O=C(/C=N/O)c1ccc(OCC2CCN(Cc3ccc(CO)c(CO)c3)C2)nc1. The third-order valence-electron chi connectivity index (χ3n) is 5.05. The Morgan fingerprint density at radius 2 is 2.07 bits per heavy atom. The largest absolute Gasteiger partial charge is 0.477 e. The molecule has 0 aliphatic carbocycles. The number of hydrogen-bond donors (Lipinski definition) is 3. The molecule has 8 heteroatoms. The Balaban J connectivity index is 1.48. The number of benzene rings is 1. The van der Waals surface area contributed by atoms with Crippen LogP contribution in [0.15, 0.2) is 41.7 Å². The van der Waals surface area contributed by atoms with Crippen LogP contribution in [-0.4, -0.2) is 57.0 Å². The van der Waals surface area contributed by atoms with Crippen LogP contribution in [-0.2, 0) is 19.8 Å². The summed E-state index contributed by atoms with van der Waals surface area (Å²) in [5.41, 5.74) is 2.97. The van der Waals surface area contributed by atoms with E-state index in [1.54, 1.807) is 12.1 Å². The van der Waals surface area contributed by atoms with Gasteiger partial charge >= 0.3 is 0 Å². The molecule has 1 aromatic heterocycles. The molecule has 1 aromatic carbocycles. The van der Waals surface area contributed by atoms with E-state index in [9.17, 15) is 15.0 Å². The second-order valence-corrected chi connectivity index (χ2v) is 7.11. The van der Waals surface area contributed by atoms with Crippen molar-refractivity contribution in [2.24, 2.45) is 11.1 Å². The molecule has 29 heavy (non-hydrogen) atoms. The Bertz CT molecular complexity index is 854. The molecule has 2 heterocycles. The fraction of sp³-hybridized carbons (Fsp3) is 0.381. The average Bonchev–Trinajstić information content (AvgIpc) is 3.20. The fourth-order valence-electron chi connectivity index (χ4n) is 3.47. The van der Waals surface area contributed by atoms with Gasteiger partial charge in [-0.2, -0.15) is 0 Å². The van der Waals surface area contributed by atoms with E-state index in [0.717, 1.165) is 49.0 Å². The monoisotopic (exact) mass is 399 g/mol. The van der Waals surface area contributed by atoms with Crippen molar-refractivity contribution in [1.82, 2.24) is 9.88 Å². The molecule has 3 rings (SSSR count). The number of carbonyl (C=O) groups excluding carboxylic acids is 1. The maximum Gasteiger partial charge on any atom is 0.213 e. The van der Waals surface area contributed by atoms with Crippen LogP contribution in [0, 0.1) is 5.92 Å². The first-order valence-corrected chi connectivity index (χ1v) is 9.48. The molecule has 3 N–H and O–H groups in total. The van der Waals surface area contributed by atoms with Gasteiger partial charge < -0.3 is 20.2 Å². The van der Waals surface area contributed by atoms with Crippen molar-refractivity contribution < 1.29 is 25.0 Å². The van der Waals surface area contributed by atoms with Crippen LogP contribution in [0.1, 0.15) is 33.5 Å². The van der Waals surface area contributed by atoms with E-state index in [-0.39, 0.29) is 13.2 Å². The predicted octanol–water partition coefficient (Wildman–Crippen LogP) is 1.61. The van der Waals surface area contributed by atoms with Crippen LogP contribution >= 0.6 is 0 Å². The van der Waals surface area contributed by atoms with Crippen LogP contribution in [0.5, 0.6) is 5.88 Å². The van der Waals surface area contributed by atoms with Gasteiger partial charge in [-0.05, 0) is 35.7 Å². The van der Waals surface area contributed by atoms with Gasteiger partial charge in [0.05, 0.1) is 19.8 Å². The number of hydrogen-bond acceptors (Lipinski definition) is 8. The summed E-state index contributed by atoms with van der Waals surface area (Å²) in [5.74, 6) is 0.413. The molecule has 0 radical (unpaired) electrons. The van der Waals surface area contributed by atoms with Crippen molar-refractivity contribution >= 4 is 12.0 Å². The molecule has 0 bridgehead atoms. The molecule has 0 amide bonds. The van der Waals surface area contributed by atoms with Gasteiger partial charge in [0, 0.05) is 36.8 Å². The quantitative estimate of drug-likeness (QED) is 0.254. The van der Waals surface area contributed by atoms with Crippen molar-refractivity contribution in [3.05, 3.63) is 58.8 Å². The van der Waals surface area contributed by atoms with E-state index >= 15 is 0 Å². The van der Waals surface area contributed by atoms with Gasteiger partial charge in [0.2, 0.25) is 11.7 Å². The lowest BCUT2D eigenvalue weighted by atomic mass is 10.0. The minimum Gasteiger partial charge on any atom is -0.477 e. The molecule has 0 saturated carbocycles. The lowest BCUT2D eigenvalue weighted by Crippen LogP contribution is -2.22. The van der Waals surface area contributed by atoms with Gasteiger partial charge in [0.15, 0.2) is 0 Å². The highest BCUT2D eigenvalue weighted by molar-refractivity contribution is 6.35. The fourth-order valence-corrected chi connectivity index (χ4v) is 3.47. The smallest absolute Gasteiger partial charge is 0.213 e. The summed E-state index contributed by atoms with van der Waals surface area (Å²) < 4.78 is 5.76. The number of ketones is 1. The van der Waals surface area contributed by atoms with E-state index in [1.165, 1.54) is 6.20 Å². The predicted molar refractivity (Wildman–Crippen MR) is 106 cm³/mol. The van der Waals surface area contributed by atoms with Crippen molar-refractivity contribution in [2.45, 2.75) is 26.2 Å². The Kier molecular flexibility index (Phi) is 7.29. The van der Waals surface area contributed by atoms with Crippen LogP contribution in [0.25, 0.3) is 0 Å². The molecular formula is C21H25N3O5. The number of ether oxygens (including phenoxy) is 1. The normalized spacial score (nSPS) is 17.1. The third-order valence-corrected chi connectivity index (χ3v) is 5.05. The summed E-state index contributed by atoms with van der Waals surface area (Å²) in [5, 5.41) is 29.9. The van der Waals surface area contributed by atoms with E-state index in [4.69, 9.17) is 9.94 Å². The Labute approximate surface area is 169 Å². The first-order chi connectivity index (χ1) is 14.1. The number of likely N-dealkylation sites (tertiary alicyclic amines) is 1. The van der Waals surface area contributed by atoms with Crippen molar-refractivity contribution in [3.8, 4) is 5.88 Å². The van der Waals surface area contributed by atoms with Gasteiger partial charge in [-0.15, -0.1) is 0 Å². The Morgan fingerprint density at radius 3 is 2.76 bits per heavy atom. The molecular weight excluding hydrogens is 374 g/mol. The van der Waals surface area contributed by atoms with Gasteiger partial charge in [0.1, 0.15) is 6.21 Å². The summed E-state index contributed by atoms with van der Waals surface area (Å²) in [6.45, 7) is 3.05. The first kappa shape index (κ1) is 20.9. The molecule has 1 aliphatic heterocycles. The summed E-state index contributed by atoms with van der Waals surface area (Å²) in [4.78, 5) is 18.0. The maximum atomic E-state index is 11.6. The second-order valence-electron chi connectivity index (χ2n) is 7.11. The molecule has 8 nitrogen and oxygen atoms in total. The Morgan fingerprint density at radius 1 is 1.24 bits per heavy atom. The highest BCUT2D eigenvalue weighted by atomic mass is 16.5. The van der Waals surface area contributed by atoms with Crippen molar-refractivity contribution in [2.75, 3.05) is 19.7 Å². The Hall–Kier alpha value is -2.81. The van der Waals surface area contributed by atoms with Gasteiger partial charge in [-0.1, -0.05) is 23.4 Å². The lowest BCUT2D eigenvalue weighted by Gasteiger charge is -2.17. The first-order valence-electron chi connectivity index (χ1n) is 9.48. The molecule has 1 atom stereocenters. The standard InChI is InChI=1S/C21H25N3O5/c25-12-18-2-1-15(7-19(18)13-26)10-24-6-5-16(11-24)14-29-21-4-3-17(8-22-21)20(27)9-23-28/h1-4,7-9,16,25-26,28H,5-6,10-14H2/b23-9+. The number of oxime groups is 1. The minimum absolute atomic E-state index is 0.0719. The average molecular weight is 399 g/mol. The van der Waals surface area contributed by atoms with Crippen LogP contribution in [0.2, 0.25) is 0 Å². The number of Topliss-reactive ketones (excluding diaryl/α,β-unsaturated/α-hetero) is 1. The molecule has 2 aromatic rings. The summed E-state index contributed by atoms with van der Waals surface area (Å²) in [7, 11) is 0. The molecule has 1 saturated heterocycles. The lowest BCUT2D eigenvalue weighted by molar-refractivity contribution is 0.106. The maximum absolute atomic E-state index is 11.6. The van der Waals surface area contributed by atoms with Crippen molar-refractivity contribution in [3.63, 3.8) is 0 Å². The topological polar surface area (TPSA) is 115 Å². The van der Waals surface area contributed by atoms with Crippen LogP contribution in [0.4, 0.5) is 0 Å². The zero-order valence-corrected chi connectivity index (χ0v) is 16.1. The number of rotatable bonds is 9. The van der Waals surface area contributed by atoms with Crippen LogP contribution < -0.4 is 4.74 Å². The number of aliphatic hydroxyl groups is 2. The third kappa shape index (κ3) is 5.60. The van der Waals surface area contributed by atoms with E-state index < -0.39 is 5.78 Å². The number of pyridine rings is 1. The summed E-state index contributed by atoms with van der Waals surface area (Å²) >= 11 is 0. The van der Waals surface area contributed by atoms with E-state index in [2.05, 4.69) is 15.0 Å². The van der Waals surface area contributed by atoms with E-state index in [0.29, 0.717) is 24.0 Å². The summed E-state index contributed by atoms with van der Waals surface area (Å²) in [6, 6.07) is 9.02. The minimum atomic E-state index is -0.422. The zero-order valence-electron chi connectivity index (χ0n) is 16.1. The number of carbonyl (C=O) groups is 1. The van der Waals surface area contributed by atoms with Crippen LogP contribution in [0.3, 0.4) is 0 Å². The molecule has 1 fully saturated rings.